The molecule has 3 aromatic rings. The minimum Gasteiger partial charge on any atom is -0.505 e. The SMILES string of the molecule is CC(C)=CCc1cc(C(=O)Nc2c(O)c3ccc(O[C@@H]4OC(C)(C)[C@H](O)[C@@H](OC(N)=O)[C@H]4O)c(C)c3oc2=O)cc(O)c1O. The van der Waals surface area contributed by atoms with Crippen molar-refractivity contribution in [1.29, 1.82) is 0 Å². The van der Waals surface area contributed by atoms with Crippen molar-refractivity contribution in [2.24, 2.45) is 5.73 Å². The third-order valence-corrected chi connectivity index (χ3v) is 7.20. The number of amides is 2. The first-order valence-electron chi connectivity index (χ1n) is 13.5. The molecule has 8 N–H and O–H groups in total. The van der Waals surface area contributed by atoms with Gasteiger partial charge in [0.2, 0.25) is 6.29 Å². The zero-order chi connectivity index (χ0) is 32.7. The van der Waals surface area contributed by atoms with Gasteiger partial charge in [0.1, 0.15) is 17.4 Å². The Bertz CT molecular complexity index is 1710. The van der Waals surface area contributed by atoms with Gasteiger partial charge >= 0.3 is 11.7 Å². The molecule has 0 spiro atoms. The molecule has 1 aliphatic rings. The van der Waals surface area contributed by atoms with Crippen molar-refractivity contribution in [3.63, 3.8) is 0 Å². The van der Waals surface area contributed by atoms with E-state index in [2.05, 4.69) is 5.32 Å². The molecule has 14 heteroatoms. The molecule has 0 aliphatic carbocycles. The van der Waals surface area contributed by atoms with Crippen LogP contribution in [0.1, 0.15) is 49.2 Å². The fourth-order valence-corrected chi connectivity index (χ4v) is 4.73. The third-order valence-electron chi connectivity index (χ3n) is 7.20. The molecule has 44 heavy (non-hydrogen) atoms. The van der Waals surface area contributed by atoms with Crippen LogP contribution in [0.2, 0.25) is 0 Å². The molecule has 2 heterocycles. The summed E-state index contributed by atoms with van der Waals surface area (Å²) in [6.07, 6.45) is -5.25. The van der Waals surface area contributed by atoms with E-state index in [1.54, 1.807) is 6.08 Å². The van der Waals surface area contributed by atoms with Crippen molar-refractivity contribution < 1.29 is 53.7 Å². The van der Waals surface area contributed by atoms with Crippen LogP contribution >= 0.6 is 0 Å². The number of aliphatic hydroxyl groups is 2. The van der Waals surface area contributed by atoms with Crippen LogP contribution in [0.15, 0.2) is 45.1 Å². The monoisotopic (exact) mass is 614 g/mol. The largest absolute Gasteiger partial charge is 0.505 e. The number of aryl methyl sites for hydroxylation is 1. The Kier molecular flexibility index (Phi) is 8.81. The maximum Gasteiger partial charge on any atom is 0.404 e. The van der Waals surface area contributed by atoms with E-state index in [-0.39, 0.29) is 45.6 Å². The van der Waals surface area contributed by atoms with Gasteiger partial charge < -0.3 is 55.2 Å². The Morgan fingerprint density at radius 1 is 1.11 bits per heavy atom. The van der Waals surface area contributed by atoms with Crippen molar-refractivity contribution >= 4 is 28.7 Å². The number of primary amides is 1. The molecule has 14 nitrogen and oxygen atoms in total. The number of carbonyl (C=O) groups excluding carboxylic acids is 2. The lowest BCUT2D eigenvalue weighted by Crippen LogP contribution is -2.64. The number of nitrogens with one attached hydrogen (secondary N) is 1. The zero-order valence-electron chi connectivity index (χ0n) is 24.6. The number of aliphatic hydroxyl groups excluding tert-OH is 2. The number of benzene rings is 2. The van der Waals surface area contributed by atoms with E-state index in [1.807, 2.05) is 13.8 Å². The highest BCUT2D eigenvalue weighted by molar-refractivity contribution is 6.07. The van der Waals surface area contributed by atoms with Gasteiger partial charge in [0.05, 0.1) is 11.0 Å². The van der Waals surface area contributed by atoms with Gasteiger partial charge in [-0.15, -0.1) is 0 Å². The number of allylic oxidation sites excluding steroid dienone is 2. The Labute approximate surface area is 250 Å². The average Bonchev–Trinajstić information content (AvgIpc) is 2.94. The predicted octanol–water partition coefficient (Wildman–Crippen LogP) is 2.68. The highest BCUT2D eigenvalue weighted by atomic mass is 16.7. The van der Waals surface area contributed by atoms with Crippen LogP contribution < -0.4 is 21.4 Å². The van der Waals surface area contributed by atoms with Crippen LogP contribution in [-0.4, -0.2) is 67.7 Å². The molecule has 0 radical (unpaired) electrons. The Hall–Kier alpha value is -4.79. The first-order valence-corrected chi connectivity index (χ1v) is 13.5. The number of phenols is 2. The van der Waals surface area contributed by atoms with Gasteiger partial charge in [0.15, 0.2) is 35.1 Å². The highest BCUT2D eigenvalue weighted by Gasteiger charge is 2.52. The van der Waals surface area contributed by atoms with Crippen LogP contribution in [-0.2, 0) is 15.9 Å². The number of fused-ring (bicyclic) bond motifs is 1. The molecule has 1 aromatic heterocycles. The van der Waals surface area contributed by atoms with Crippen LogP contribution in [0.25, 0.3) is 11.0 Å². The molecular formula is C30H34N2O12. The summed E-state index contributed by atoms with van der Waals surface area (Å²) in [6.45, 7) is 8.17. The number of nitrogens with two attached hydrogens (primary N) is 1. The maximum absolute atomic E-state index is 13.0. The molecule has 1 aliphatic heterocycles. The summed E-state index contributed by atoms with van der Waals surface area (Å²) in [7, 11) is 0. The molecule has 4 atom stereocenters. The van der Waals surface area contributed by atoms with E-state index in [4.69, 9.17) is 24.4 Å². The van der Waals surface area contributed by atoms with Crippen LogP contribution in [0.4, 0.5) is 10.5 Å². The number of hydrogen-bond donors (Lipinski definition) is 7. The molecular weight excluding hydrogens is 580 g/mol. The molecule has 2 amide bonds. The standard InChI is InChI=1S/C30H34N2O12/c1-12(2)6-7-14-10-15(11-17(33)20(14)34)26(38)32-19-21(35)16-8-9-18(13(3)23(16)42-27(19)39)41-28-22(36)24(43-29(31)40)25(37)30(4,5)44-28/h6,8-11,22,24-25,28,33-37H,7H2,1-5H3,(H2,31,40)(H,32,38)/t22-,24+,25-,28-/m1/s1. The van der Waals surface area contributed by atoms with Crippen molar-refractivity contribution in [1.82, 2.24) is 0 Å². The summed E-state index contributed by atoms with van der Waals surface area (Å²) in [5, 5.41) is 54.8. The second-order valence-electron chi connectivity index (χ2n) is 11.2. The second kappa shape index (κ2) is 12.1. The van der Waals surface area contributed by atoms with Gasteiger partial charge in [-0.3, -0.25) is 4.79 Å². The molecule has 2 aromatic carbocycles. The summed E-state index contributed by atoms with van der Waals surface area (Å²) in [4.78, 5) is 37.3. The number of phenolic OH excluding ortho intramolecular Hbond substituents is 2. The summed E-state index contributed by atoms with van der Waals surface area (Å²) in [5.74, 6) is -2.35. The van der Waals surface area contributed by atoms with Crippen LogP contribution in [0.5, 0.6) is 23.0 Å². The number of rotatable bonds is 7. The smallest absolute Gasteiger partial charge is 0.404 e. The first-order chi connectivity index (χ1) is 20.5. The van der Waals surface area contributed by atoms with E-state index in [1.165, 1.54) is 39.0 Å². The van der Waals surface area contributed by atoms with E-state index < -0.39 is 65.0 Å². The Balaban J connectivity index is 1.64. The number of anilines is 1. The van der Waals surface area contributed by atoms with Crippen LogP contribution in [0, 0.1) is 6.92 Å². The molecule has 0 saturated carbocycles. The van der Waals surface area contributed by atoms with Crippen molar-refractivity contribution in [2.45, 2.75) is 71.2 Å². The van der Waals surface area contributed by atoms with Crippen molar-refractivity contribution in [2.75, 3.05) is 5.32 Å². The lowest BCUT2D eigenvalue weighted by atomic mass is 9.89. The summed E-state index contributed by atoms with van der Waals surface area (Å²) in [6, 6.07) is 5.08. The third kappa shape index (κ3) is 6.27. The quantitative estimate of drug-likeness (QED) is 0.116. The number of hydrogen-bond acceptors (Lipinski definition) is 12. The van der Waals surface area contributed by atoms with Crippen LogP contribution in [0.3, 0.4) is 0 Å². The molecule has 1 saturated heterocycles. The minimum atomic E-state index is -1.67. The number of carbonyl (C=O) groups is 2. The molecule has 0 bridgehead atoms. The lowest BCUT2D eigenvalue weighted by Gasteiger charge is -2.45. The van der Waals surface area contributed by atoms with Gasteiger partial charge in [-0.05, 0) is 65.3 Å². The molecule has 4 rings (SSSR count). The zero-order valence-corrected chi connectivity index (χ0v) is 24.6. The van der Waals surface area contributed by atoms with Crippen molar-refractivity contribution in [3.05, 3.63) is 63.0 Å². The van der Waals surface area contributed by atoms with Gasteiger partial charge in [-0.1, -0.05) is 11.6 Å². The van der Waals surface area contributed by atoms with E-state index in [9.17, 15) is 39.9 Å². The summed E-state index contributed by atoms with van der Waals surface area (Å²) < 4.78 is 21.8. The summed E-state index contributed by atoms with van der Waals surface area (Å²) >= 11 is 0. The number of ether oxygens (including phenoxy) is 3. The number of aromatic hydroxyl groups is 3. The second-order valence-corrected chi connectivity index (χ2v) is 11.2. The van der Waals surface area contributed by atoms with Gasteiger partial charge in [0, 0.05) is 16.7 Å². The predicted molar refractivity (Wildman–Crippen MR) is 156 cm³/mol. The molecule has 236 valence electrons. The Morgan fingerprint density at radius 3 is 2.43 bits per heavy atom. The van der Waals surface area contributed by atoms with Gasteiger partial charge in [0.25, 0.3) is 5.91 Å². The fraction of sp³-hybridized carbons (Fsp3) is 0.367. The minimum absolute atomic E-state index is 0.0263. The van der Waals surface area contributed by atoms with Crippen molar-refractivity contribution in [3.8, 4) is 23.0 Å². The molecule has 0 unspecified atom stereocenters. The maximum atomic E-state index is 13.0. The van der Waals surface area contributed by atoms with E-state index in [0.29, 0.717) is 0 Å². The van der Waals surface area contributed by atoms with Gasteiger partial charge in [-0.25, -0.2) is 9.59 Å². The average molecular weight is 615 g/mol. The summed E-state index contributed by atoms with van der Waals surface area (Å²) in [5.41, 5.74) is 3.30. The van der Waals surface area contributed by atoms with E-state index >= 15 is 0 Å². The Morgan fingerprint density at radius 2 is 1.80 bits per heavy atom. The lowest BCUT2D eigenvalue weighted by molar-refractivity contribution is -0.300. The molecule has 1 fully saturated rings. The van der Waals surface area contributed by atoms with Gasteiger partial charge in [-0.2, -0.15) is 0 Å². The van der Waals surface area contributed by atoms with E-state index in [0.717, 1.165) is 11.6 Å². The fourth-order valence-electron chi connectivity index (χ4n) is 4.73. The first kappa shape index (κ1) is 32.1. The topological polar surface area (TPSA) is 231 Å². The normalized spacial score (nSPS) is 21.0. The highest BCUT2D eigenvalue weighted by Crippen LogP contribution is 2.38.